The van der Waals surface area contributed by atoms with Gasteiger partial charge in [0.15, 0.2) is 6.10 Å². The minimum Gasteiger partial charge on any atom is -0.480 e. The van der Waals surface area contributed by atoms with Crippen LogP contribution in [0.15, 0.2) is 53.4 Å². The Morgan fingerprint density at radius 1 is 1.20 bits per heavy atom. The molecule has 1 aliphatic rings. The molecule has 0 radical (unpaired) electrons. The number of rotatable bonds is 3. The lowest BCUT2D eigenvalue weighted by molar-refractivity contribution is -0.122. The van der Waals surface area contributed by atoms with Crippen LogP contribution < -0.4 is 10.1 Å². The molecule has 0 saturated heterocycles. The third-order valence-electron chi connectivity index (χ3n) is 3.30. The first kappa shape index (κ1) is 13.1. The molecule has 3 nitrogen and oxygen atoms in total. The highest BCUT2D eigenvalue weighted by Gasteiger charge is 2.28. The van der Waals surface area contributed by atoms with Crippen molar-refractivity contribution in [2.24, 2.45) is 0 Å². The van der Waals surface area contributed by atoms with Crippen LogP contribution in [-0.2, 0) is 11.2 Å². The van der Waals surface area contributed by atoms with Crippen molar-refractivity contribution >= 4 is 23.4 Å². The molecule has 0 bridgehead atoms. The summed E-state index contributed by atoms with van der Waals surface area (Å²) in [6.45, 7) is 0. The largest absolute Gasteiger partial charge is 0.480 e. The van der Waals surface area contributed by atoms with E-state index in [0.717, 1.165) is 21.9 Å². The van der Waals surface area contributed by atoms with Crippen molar-refractivity contribution in [2.45, 2.75) is 17.4 Å². The molecular formula is C16H15NO2S. The van der Waals surface area contributed by atoms with Crippen LogP contribution in [0.1, 0.15) is 5.56 Å². The smallest absolute Gasteiger partial charge is 0.265 e. The summed E-state index contributed by atoms with van der Waals surface area (Å²) in [4.78, 5) is 13.4. The number of nitrogens with one attached hydrogen (secondary N) is 1. The lowest BCUT2D eigenvalue weighted by atomic mass is 10.1. The third kappa shape index (κ3) is 2.51. The van der Waals surface area contributed by atoms with E-state index in [0.29, 0.717) is 6.42 Å². The van der Waals surface area contributed by atoms with Crippen LogP contribution in [-0.4, -0.2) is 18.3 Å². The maximum Gasteiger partial charge on any atom is 0.265 e. The maximum absolute atomic E-state index is 12.3. The second kappa shape index (κ2) is 5.59. The van der Waals surface area contributed by atoms with Crippen LogP contribution >= 0.6 is 11.8 Å². The second-order valence-electron chi connectivity index (χ2n) is 4.61. The number of para-hydroxylation sites is 2. The van der Waals surface area contributed by atoms with E-state index in [1.54, 1.807) is 11.8 Å². The Balaban J connectivity index is 1.72. The molecule has 2 aromatic carbocycles. The molecule has 3 rings (SSSR count). The Hall–Kier alpha value is -1.94. The predicted molar refractivity (Wildman–Crippen MR) is 81.4 cm³/mol. The summed E-state index contributed by atoms with van der Waals surface area (Å²) >= 11 is 1.61. The zero-order valence-electron chi connectivity index (χ0n) is 11.1. The monoisotopic (exact) mass is 285 g/mol. The predicted octanol–water partition coefficient (Wildman–Crippen LogP) is 3.35. The van der Waals surface area contributed by atoms with Crippen molar-refractivity contribution in [3.05, 3.63) is 54.1 Å². The van der Waals surface area contributed by atoms with Gasteiger partial charge in [-0.05, 0) is 30.0 Å². The van der Waals surface area contributed by atoms with E-state index in [-0.39, 0.29) is 5.91 Å². The van der Waals surface area contributed by atoms with Crippen molar-refractivity contribution < 1.29 is 9.53 Å². The van der Waals surface area contributed by atoms with Crippen LogP contribution in [0, 0.1) is 0 Å². The normalized spacial score (nSPS) is 16.4. The van der Waals surface area contributed by atoms with E-state index in [1.165, 1.54) is 0 Å². The highest BCUT2D eigenvalue weighted by atomic mass is 32.2. The zero-order chi connectivity index (χ0) is 13.9. The molecule has 0 fully saturated rings. The molecule has 1 N–H and O–H groups in total. The SMILES string of the molecule is CSc1ccccc1NC(=O)[C@H]1Cc2ccccc2O1. The Labute approximate surface area is 122 Å². The average Bonchev–Trinajstić information content (AvgIpc) is 2.92. The number of fused-ring (bicyclic) bond motifs is 1. The fourth-order valence-corrected chi connectivity index (χ4v) is 2.84. The topological polar surface area (TPSA) is 38.3 Å². The standard InChI is InChI=1S/C16H15NO2S/c1-20-15-9-5-3-7-12(15)17-16(18)14-10-11-6-2-4-8-13(11)19-14/h2-9,14H,10H2,1H3,(H,17,18)/t14-/m1/s1. The molecule has 1 amide bonds. The van der Waals surface area contributed by atoms with Gasteiger partial charge in [-0.1, -0.05) is 30.3 Å². The van der Waals surface area contributed by atoms with Gasteiger partial charge in [-0.2, -0.15) is 0 Å². The molecule has 0 aliphatic carbocycles. The molecule has 1 atom stereocenters. The molecular weight excluding hydrogens is 270 g/mol. The molecule has 0 unspecified atom stereocenters. The van der Waals surface area contributed by atoms with Gasteiger partial charge >= 0.3 is 0 Å². The van der Waals surface area contributed by atoms with Gasteiger partial charge in [-0.15, -0.1) is 11.8 Å². The molecule has 20 heavy (non-hydrogen) atoms. The van der Waals surface area contributed by atoms with Crippen LogP contribution in [0.3, 0.4) is 0 Å². The number of anilines is 1. The summed E-state index contributed by atoms with van der Waals surface area (Å²) in [5.41, 5.74) is 1.93. The summed E-state index contributed by atoms with van der Waals surface area (Å²) in [5, 5.41) is 2.95. The lowest BCUT2D eigenvalue weighted by Crippen LogP contribution is -2.31. The van der Waals surface area contributed by atoms with Gasteiger partial charge < -0.3 is 10.1 Å². The maximum atomic E-state index is 12.3. The van der Waals surface area contributed by atoms with Crippen molar-refractivity contribution in [3.63, 3.8) is 0 Å². The summed E-state index contributed by atoms with van der Waals surface area (Å²) in [6, 6.07) is 15.6. The first-order valence-electron chi connectivity index (χ1n) is 6.46. The minimum atomic E-state index is -0.442. The number of hydrogen-bond acceptors (Lipinski definition) is 3. The average molecular weight is 285 g/mol. The Bertz CT molecular complexity index is 617. The second-order valence-corrected chi connectivity index (χ2v) is 5.46. The zero-order valence-corrected chi connectivity index (χ0v) is 11.9. The Morgan fingerprint density at radius 2 is 1.95 bits per heavy atom. The van der Waals surface area contributed by atoms with Crippen molar-refractivity contribution in [2.75, 3.05) is 11.6 Å². The summed E-state index contributed by atoms with van der Waals surface area (Å²) in [5.74, 6) is 0.716. The van der Waals surface area contributed by atoms with E-state index in [1.807, 2.05) is 54.8 Å². The number of amides is 1. The number of carbonyl (C=O) groups is 1. The number of thioether (sulfide) groups is 1. The minimum absolute atomic E-state index is 0.0947. The fourth-order valence-electron chi connectivity index (χ4n) is 2.29. The number of benzene rings is 2. The highest BCUT2D eigenvalue weighted by Crippen LogP contribution is 2.30. The van der Waals surface area contributed by atoms with Crippen molar-refractivity contribution in [3.8, 4) is 5.75 Å². The lowest BCUT2D eigenvalue weighted by Gasteiger charge is -2.13. The van der Waals surface area contributed by atoms with Gasteiger partial charge in [0.25, 0.3) is 5.91 Å². The highest BCUT2D eigenvalue weighted by molar-refractivity contribution is 7.98. The molecule has 1 heterocycles. The van der Waals surface area contributed by atoms with E-state index >= 15 is 0 Å². The van der Waals surface area contributed by atoms with Crippen molar-refractivity contribution in [1.82, 2.24) is 0 Å². The van der Waals surface area contributed by atoms with Gasteiger partial charge in [-0.3, -0.25) is 4.79 Å². The van der Waals surface area contributed by atoms with E-state index in [4.69, 9.17) is 4.74 Å². The van der Waals surface area contributed by atoms with E-state index in [9.17, 15) is 4.79 Å². The van der Waals surface area contributed by atoms with Gasteiger partial charge in [0.05, 0.1) is 5.69 Å². The van der Waals surface area contributed by atoms with Crippen molar-refractivity contribution in [1.29, 1.82) is 0 Å². The molecule has 4 heteroatoms. The van der Waals surface area contributed by atoms with Gasteiger partial charge in [0.2, 0.25) is 0 Å². The number of carbonyl (C=O) groups excluding carboxylic acids is 1. The summed E-state index contributed by atoms with van der Waals surface area (Å²) in [6.07, 6.45) is 2.18. The van der Waals surface area contributed by atoms with E-state index < -0.39 is 6.10 Å². The molecule has 102 valence electrons. The molecule has 0 aromatic heterocycles. The Morgan fingerprint density at radius 3 is 2.75 bits per heavy atom. The quantitative estimate of drug-likeness (QED) is 0.879. The summed E-state index contributed by atoms with van der Waals surface area (Å²) in [7, 11) is 0. The van der Waals surface area contributed by atoms with E-state index in [2.05, 4.69) is 5.32 Å². The number of ether oxygens (including phenoxy) is 1. The van der Waals surface area contributed by atoms with Crippen LogP contribution in [0.4, 0.5) is 5.69 Å². The van der Waals surface area contributed by atoms with Crippen LogP contribution in [0.25, 0.3) is 0 Å². The fraction of sp³-hybridized carbons (Fsp3) is 0.188. The van der Waals surface area contributed by atoms with Gasteiger partial charge in [0, 0.05) is 11.3 Å². The molecule has 0 saturated carbocycles. The molecule has 0 spiro atoms. The van der Waals surface area contributed by atoms with Crippen LogP contribution in [0.2, 0.25) is 0 Å². The van der Waals surface area contributed by atoms with Crippen LogP contribution in [0.5, 0.6) is 5.75 Å². The Kier molecular flexibility index (Phi) is 3.65. The van der Waals surface area contributed by atoms with Gasteiger partial charge in [0.1, 0.15) is 5.75 Å². The first-order valence-corrected chi connectivity index (χ1v) is 7.69. The molecule has 2 aromatic rings. The number of hydrogen-bond donors (Lipinski definition) is 1. The summed E-state index contributed by atoms with van der Waals surface area (Å²) < 4.78 is 5.70. The third-order valence-corrected chi connectivity index (χ3v) is 4.10. The molecule has 1 aliphatic heterocycles. The van der Waals surface area contributed by atoms with Gasteiger partial charge in [-0.25, -0.2) is 0 Å². The first-order chi connectivity index (χ1) is 9.78.